The molecule has 1 aliphatic heterocycles. The normalized spacial score (nSPS) is 26.8. The SMILES string of the molecule is CC(NC(=O)C(C)N1C(=O)C2CCCCC2C1=O)c1ccco1. The van der Waals surface area contributed by atoms with Gasteiger partial charge < -0.3 is 9.73 Å². The van der Waals surface area contributed by atoms with Crippen molar-refractivity contribution in [1.82, 2.24) is 10.2 Å². The van der Waals surface area contributed by atoms with Gasteiger partial charge in [0.05, 0.1) is 24.1 Å². The van der Waals surface area contributed by atoms with E-state index in [0.717, 1.165) is 25.7 Å². The zero-order chi connectivity index (χ0) is 16.6. The first-order valence-corrected chi connectivity index (χ1v) is 8.21. The van der Waals surface area contributed by atoms with Gasteiger partial charge in [-0.2, -0.15) is 0 Å². The standard InChI is InChI=1S/C17H22N2O4/c1-10(14-8-5-9-23-14)18-15(20)11(2)19-16(21)12-6-3-4-7-13(12)17(19)22/h5,8-13H,3-4,6-7H2,1-2H3,(H,18,20). The van der Waals surface area contributed by atoms with E-state index in [-0.39, 0.29) is 35.6 Å². The van der Waals surface area contributed by atoms with Crippen LogP contribution in [0.2, 0.25) is 0 Å². The van der Waals surface area contributed by atoms with Gasteiger partial charge in [-0.1, -0.05) is 12.8 Å². The minimum absolute atomic E-state index is 0.187. The van der Waals surface area contributed by atoms with Crippen molar-refractivity contribution in [2.45, 2.75) is 51.6 Å². The zero-order valence-electron chi connectivity index (χ0n) is 13.5. The number of hydrogen-bond donors (Lipinski definition) is 1. The largest absolute Gasteiger partial charge is 0.467 e. The van der Waals surface area contributed by atoms with E-state index in [1.165, 1.54) is 4.90 Å². The van der Waals surface area contributed by atoms with Gasteiger partial charge in [-0.25, -0.2) is 0 Å². The lowest BCUT2D eigenvalue weighted by atomic mass is 9.81. The number of amides is 3. The Morgan fingerprint density at radius 3 is 2.35 bits per heavy atom. The van der Waals surface area contributed by atoms with Crippen LogP contribution in [0.1, 0.15) is 51.3 Å². The number of furan rings is 1. The number of rotatable bonds is 4. The number of likely N-dealkylation sites (tertiary alicyclic amines) is 1. The Balaban J connectivity index is 1.69. The smallest absolute Gasteiger partial charge is 0.243 e. The Morgan fingerprint density at radius 2 is 1.83 bits per heavy atom. The van der Waals surface area contributed by atoms with Gasteiger partial charge in [0.2, 0.25) is 17.7 Å². The number of fused-ring (bicyclic) bond motifs is 1. The zero-order valence-corrected chi connectivity index (χ0v) is 13.5. The van der Waals surface area contributed by atoms with Gasteiger partial charge in [-0.05, 0) is 38.8 Å². The van der Waals surface area contributed by atoms with E-state index in [4.69, 9.17) is 4.42 Å². The molecule has 0 aromatic carbocycles. The molecule has 3 amide bonds. The molecule has 1 aliphatic carbocycles. The molecule has 2 aliphatic rings. The van der Waals surface area contributed by atoms with Crippen LogP contribution in [0.5, 0.6) is 0 Å². The van der Waals surface area contributed by atoms with Gasteiger partial charge in [0.15, 0.2) is 0 Å². The van der Waals surface area contributed by atoms with Gasteiger partial charge in [0.1, 0.15) is 11.8 Å². The minimum atomic E-state index is -0.794. The first kappa shape index (κ1) is 15.8. The van der Waals surface area contributed by atoms with Crippen LogP contribution in [0, 0.1) is 11.8 Å². The van der Waals surface area contributed by atoms with E-state index < -0.39 is 6.04 Å². The van der Waals surface area contributed by atoms with Crippen LogP contribution in [0.15, 0.2) is 22.8 Å². The van der Waals surface area contributed by atoms with Gasteiger partial charge in [0, 0.05) is 0 Å². The van der Waals surface area contributed by atoms with Crippen LogP contribution in [0.3, 0.4) is 0 Å². The van der Waals surface area contributed by atoms with Crippen molar-refractivity contribution >= 4 is 17.7 Å². The summed E-state index contributed by atoms with van der Waals surface area (Å²) in [5.41, 5.74) is 0. The maximum Gasteiger partial charge on any atom is 0.243 e. The van der Waals surface area contributed by atoms with Crippen molar-refractivity contribution in [3.63, 3.8) is 0 Å². The molecule has 4 atom stereocenters. The molecule has 124 valence electrons. The molecule has 1 aromatic heterocycles. The molecule has 0 radical (unpaired) electrons. The predicted octanol–water partition coefficient (Wildman–Crippen LogP) is 2.02. The maximum absolute atomic E-state index is 12.5. The molecule has 0 bridgehead atoms. The average Bonchev–Trinajstić information content (AvgIpc) is 3.16. The lowest BCUT2D eigenvalue weighted by Gasteiger charge is -2.23. The molecule has 2 heterocycles. The van der Waals surface area contributed by atoms with Gasteiger partial charge in [0.25, 0.3) is 0 Å². The van der Waals surface area contributed by atoms with Crippen LogP contribution >= 0.6 is 0 Å². The summed E-state index contributed by atoms with van der Waals surface area (Å²) in [5.74, 6) is -0.531. The Kier molecular flexibility index (Phi) is 4.24. The van der Waals surface area contributed by atoms with Crippen molar-refractivity contribution in [2.24, 2.45) is 11.8 Å². The van der Waals surface area contributed by atoms with Gasteiger partial charge in [-0.3, -0.25) is 19.3 Å². The van der Waals surface area contributed by atoms with Crippen molar-refractivity contribution in [3.05, 3.63) is 24.2 Å². The Labute approximate surface area is 135 Å². The third-order valence-electron chi connectivity index (χ3n) is 4.97. The van der Waals surface area contributed by atoms with Crippen LogP contribution in [-0.4, -0.2) is 28.7 Å². The van der Waals surface area contributed by atoms with Crippen LogP contribution in [0.4, 0.5) is 0 Å². The molecule has 1 saturated carbocycles. The van der Waals surface area contributed by atoms with Crippen molar-refractivity contribution in [3.8, 4) is 0 Å². The number of carbonyl (C=O) groups excluding carboxylic acids is 3. The third kappa shape index (κ3) is 2.78. The molecule has 3 rings (SSSR count). The highest BCUT2D eigenvalue weighted by molar-refractivity contribution is 6.08. The fraction of sp³-hybridized carbons (Fsp3) is 0.588. The summed E-state index contributed by atoms with van der Waals surface area (Å²) in [7, 11) is 0. The topological polar surface area (TPSA) is 79.6 Å². The molecule has 1 N–H and O–H groups in total. The third-order valence-corrected chi connectivity index (χ3v) is 4.97. The van der Waals surface area contributed by atoms with E-state index >= 15 is 0 Å². The van der Waals surface area contributed by atoms with E-state index in [1.54, 1.807) is 32.2 Å². The lowest BCUT2D eigenvalue weighted by Crippen LogP contribution is -2.48. The summed E-state index contributed by atoms with van der Waals surface area (Å²) in [4.78, 5) is 38.6. The van der Waals surface area contributed by atoms with Gasteiger partial charge in [-0.15, -0.1) is 0 Å². The minimum Gasteiger partial charge on any atom is -0.467 e. The second-order valence-electron chi connectivity index (χ2n) is 6.47. The average molecular weight is 318 g/mol. The summed E-state index contributed by atoms with van der Waals surface area (Å²) in [6.45, 7) is 3.41. The number of nitrogens with one attached hydrogen (secondary N) is 1. The molecule has 0 spiro atoms. The Bertz CT molecular complexity index is 586. The molecule has 6 heteroatoms. The highest BCUT2D eigenvalue weighted by Crippen LogP contribution is 2.38. The maximum atomic E-state index is 12.5. The quantitative estimate of drug-likeness (QED) is 0.861. The lowest BCUT2D eigenvalue weighted by molar-refractivity contribution is -0.147. The van der Waals surface area contributed by atoms with Crippen LogP contribution in [-0.2, 0) is 14.4 Å². The summed E-state index contributed by atoms with van der Waals surface area (Å²) in [5, 5.41) is 2.80. The molecule has 1 saturated heterocycles. The van der Waals surface area contributed by atoms with Crippen LogP contribution < -0.4 is 5.32 Å². The number of hydrogen-bond acceptors (Lipinski definition) is 4. The summed E-state index contributed by atoms with van der Waals surface area (Å²) >= 11 is 0. The van der Waals surface area contributed by atoms with E-state index in [1.807, 2.05) is 0 Å². The van der Waals surface area contributed by atoms with E-state index in [9.17, 15) is 14.4 Å². The Hall–Kier alpha value is -2.11. The summed E-state index contributed by atoms with van der Waals surface area (Å²) < 4.78 is 5.26. The van der Waals surface area contributed by atoms with Crippen LogP contribution in [0.25, 0.3) is 0 Å². The molecular formula is C17H22N2O4. The molecule has 2 fully saturated rings. The first-order chi connectivity index (χ1) is 11.0. The van der Waals surface area contributed by atoms with Crippen molar-refractivity contribution in [2.75, 3.05) is 0 Å². The fourth-order valence-corrected chi connectivity index (χ4v) is 3.63. The highest BCUT2D eigenvalue weighted by Gasteiger charge is 2.50. The second kappa shape index (κ2) is 6.18. The Morgan fingerprint density at radius 1 is 1.22 bits per heavy atom. The molecule has 1 aromatic rings. The van der Waals surface area contributed by atoms with E-state index in [0.29, 0.717) is 5.76 Å². The van der Waals surface area contributed by atoms with E-state index in [2.05, 4.69) is 5.32 Å². The molecular weight excluding hydrogens is 296 g/mol. The molecule has 23 heavy (non-hydrogen) atoms. The van der Waals surface area contributed by atoms with Crippen molar-refractivity contribution < 1.29 is 18.8 Å². The molecule has 4 unspecified atom stereocenters. The molecule has 6 nitrogen and oxygen atoms in total. The van der Waals surface area contributed by atoms with Crippen molar-refractivity contribution in [1.29, 1.82) is 0 Å². The number of imide groups is 1. The van der Waals surface area contributed by atoms with Gasteiger partial charge >= 0.3 is 0 Å². The highest BCUT2D eigenvalue weighted by atomic mass is 16.3. The predicted molar refractivity (Wildman–Crippen MR) is 82.0 cm³/mol. The fourth-order valence-electron chi connectivity index (χ4n) is 3.63. The summed E-state index contributed by atoms with van der Waals surface area (Å²) in [6.07, 6.45) is 5.00. The first-order valence-electron chi connectivity index (χ1n) is 8.21. The number of nitrogens with zero attached hydrogens (tertiary/aromatic N) is 1. The number of carbonyl (C=O) groups is 3. The monoisotopic (exact) mass is 318 g/mol. The second-order valence-corrected chi connectivity index (χ2v) is 6.47. The summed E-state index contributed by atoms with van der Waals surface area (Å²) in [6, 6.07) is 2.42.